The van der Waals surface area contributed by atoms with Crippen molar-refractivity contribution in [2.45, 2.75) is 131 Å². The summed E-state index contributed by atoms with van der Waals surface area (Å²) in [6.07, 6.45) is 20.0. The van der Waals surface area contributed by atoms with E-state index in [-0.39, 0.29) is 0 Å². The second kappa shape index (κ2) is 19.2. The molecule has 0 aromatic heterocycles. The number of hydrogen-bond acceptors (Lipinski definition) is 2. The lowest BCUT2D eigenvalue weighted by Crippen LogP contribution is -2.03. The molecule has 0 spiro atoms. The quantitative estimate of drug-likeness (QED) is 0.102. The molecule has 226 valence electrons. The monoisotopic (exact) mass is 564 g/mol. The maximum Gasteiger partial charge on any atom is 0.0639 e. The Labute approximate surface area is 257 Å². The molecule has 42 heavy (non-hydrogen) atoms. The topological polar surface area (TPSA) is 24.7 Å². The summed E-state index contributed by atoms with van der Waals surface area (Å²) in [6.45, 7) is 11.3. The van der Waals surface area contributed by atoms with Crippen LogP contribution in [-0.4, -0.2) is 11.9 Å². The minimum atomic E-state index is 0.858. The first kappa shape index (κ1) is 33.5. The van der Waals surface area contributed by atoms with E-state index in [4.69, 9.17) is 9.98 Å². The number of aliphatic imine (C=N–C) groups is 2. The van der Waals surface area contributed by atoms with Gasteiger partial charge in [0.15, 0.2) is 0 Å². The van der Waals surface area contributed by atoms with Crippen molar-refractivity contribution in [3.05, 3.63) is 82.9 Å². The highest BCUT2D eigenvalue weighted by Gasteiger charge is 2.12. The van der Waals surface area contributed by atoms with E-state index in [9.17, 15) is 0 Å². The zero-order chi connectivity index (χ0) is 30.0. The molecule has 0 N–H and O–H groups in total. The predicted octanol–water partition coefficient (Wildman–Crippen LogP) is 12.4. The van der Waals surface area contributed by atoms with Crippen molar-refractivity contribution in [2.24, 2.45) is 9.98 Å². The van der Waals surface area contributed by atoms with Gasteiger partial charge in [0, 0.05) is 6.21 Å². The zero-order valence-electron chi connectivity index (χ0n) is 27.4. The molecule has 0 unspecified atom stereocenters. The molecule has 0 fully saturated rings. The van der Waals surface area contributed by atoms with Gasteiger partial charge in [0.25, 0.3) is 0 Å². The SMILES string of the molecule is CCCCCCc1cc(N=C(C=Nc2ccc(CCCC)c(-c3ccccc3)c2)CC)cc(CCCC)c1CCCC. The third-order valence-electron chi connectivity index (χ3n) is 8.27. The second-order valence-electron chi connectivity index (χ2n) is 11.8. The summed E-state index contributed by atoms with van der Waals surface area (Å²) in [6, 6.07) is 22.2. The van der Waals surface area contributed by atoms with Crippen molar-refractivity contribution in [1.82, 2.24) is 0 Å². The molecule has 0 aliphatic heterocycles. The van der Waals surface area contributed by atoms with Gasteiger partial charge >= 0.3 is 0 Å². The number of nitrogens with zero attached hydrogens (tertiary/aromatic N) is 2. The number of aryl methyl sites for hydroxylation is 3. The molecule has 0 bridgehead atoms. The normalized spacial score (nSPS) is 12.0. The third kappa shape index (κ3) is 10.7. The fraction of sp³-hybridized carbons (Fsp3) is 0.500. The molecular weight excluding hydrogens is 508 g/mol. The molecule has 3 aromatic carbocycles. The van der Waals surface area contributed by atoms with Crippen molar-refractivity contribution in [2.75, 3.05) is 0 Å². The minimum absolute atomic E-state index is 0.858. The van der Waals surface area contributed by atoms with Gasteiger partial charge in [-0.2, -0.15) is 0 Å². The highest BCUT2D eigenvalue weighted by atomic mass is 14.8. The molecule has 3 rings (SSSR count). The Morgan fingerprint density at radius 3 is 1.83 bits per heavy atom. The maximum atomic E-state index is 5.19. The van der Waals surface area contributed by atoms with Gasteiger partial charge in [-0.25, -0.2) is 0 Å². The van der Waals surface area contributed by atoms with Crippen LogP contribution in [-0.2, 0) is 25.7 Å². The standard InChI is InChI=1S/C40H56N2/c1-6-11-15-17-24-35-29-38(28-34(21-13-8-3)39(35)25-14-9-4)42-36(10-5)31-41-37-27-26-33(20-12-7-2)40(30-37)32-22-18-16-19-23-32/h16,18-19,22-23,26-31H,6-15,17,20-21,24-25H2,1-5H3. The van der Waals surface area contributed by atoms with Crippen LogP contribution in [0.5, 0.6) is 0 Å². The minimum Gasteiger partial charge on any atom is -0.255 e. The maximum absolute atomic E-state index is 5.19. The van der Waals surface area contributed by atoms with Crippen LogP contribution in [0.1, 0.15) is 128 Å². The number of benzene rings is 3. The van der Waals surface area contributed by atoms with Crippen molar-refractivity contribution < 1.29 is 0 Å². The fourth-order valence-corrected chi connectivity index (χ4v) is 5.70. The van der Waals surface area contributed by atoms with E-state index in [1.54, 1.807) is 5.56 Å². The number of hydrogen-bond donors (Lipinski definition) is 0. The average Bonchev–Trinajstić information content (AvgIpc) is 3.03. The summed E-state index contributed by atoms with van der Waals surface area (Å²) >= 11 is 0. The second-order valence-corrected chi connectivity index (χ2v) is 11.8. The molecule has 2 heteroatoms. The molecule has 0 amide bonds. The molecule has 0 atom stereocenters. The molecule has 3 aromatic rings. The summed E-state index contributed by atoms with van der Waals surface area (Å²) in [5.41, 5.74) is 11.8. The van der Waals surface area contributed by atoms with Gasteiger partial charge in [-0.3, -0.25) is 9.98 Å². The molecule has 0 radical (unpaired) electrons. The predicted molar refractivity (Wildman–Crippen MR) is 188 cm³/mol. The Kier molecular flexibility index (Phi) is 15.3. The fourth-order valence-electron chi connectivity index (χ4n) is 5.70. The molecular formula is C40H56N2. The third-order valence-corrected chi connectivity index (χ3v) is 8.27. The smallest absolute Gasteiger partial charge is 0.0639 e. The zero-order valence-corrected chi connectivity index (χ0v) is 27.4. The Morgan fingerprint density at radius 1 is 0.571 bits per heavy atom. The van der Waals surface area contributed by atoms with Crippen LogP contribution in [0.2, 0.25) is 0 Å². The lowest BCUT2D eigenvalue weighted by Gasteiger charge is -2.17. The first-order chi connectivity index (χ1) is 20.6. The summed E-state index contributed by atoms with van der Waals surface area (Å²) in [5.74, 6) is 0. The average molecular weight is 565 g/mol. The summed E-state index contributed by atoms with van der Waals surface area (Å²) in [7, 11) is 0. The number of rotatable bonds is 19. The van der Waals surface area contributed by atoms with Crippen LogP contribution in [0.4, 0.5) is 11.4 Å². The lowest BCUT2D eigenvalue weighted by atomic mass is 9.90. The van der Waals surface area contributed by atoms with Gasteiger partial charge in [0.1, 0.15) is 0 Å². The van der Waals surface area contributed by atoms with Gasteiger partial charge < -0.3 is 0 Å². The van der Waals surface area contributed by atoms with Crippen LogP contribution in [0, 0.1) is 0 Å². The van der Waals surface area contributed by atoms with E-state index in [1.165, 1.54) is 105 Å². The van der Waals surface area contributed by atoms with E-state index < -0.39 is 0 Å². The lowest BCUT2D eigenvalue weighted by molar-refractivity contribution is 0.660. The Hall–Kier alpha value is -3.00. The van der Waals surface area contributed by atoms with Crippen molar-refractivity contribution in [1.29, 1.82) is 0 Å². The molecule has 0 heterocycles. The van der Waals surface area contributed by atoms with Crippen molar-refractivity contribution in [3.8, 4) is 11.1 Å². The first-order valence-corrected chi connectivity index (χ1v) is 17.1. The molecule has 0 aliphatic rings. The highest BCUT2D eigenvalue weighted by molar-refractivity contribution is 6.31. The van der Waals surface area contributed by atoms with Gasteiger partial charge in [-0.1, -0.05) is 110 Å². The van der Waals surface area contributed by atoms with E-state index in [0.29, 0.717) is 0 Å². The van der Waals surface area contributed by atoms with Crippen LogP contribution in [0.15, 0.2) is 70.6 Å². The van der Waals surface area contributed by atoms with Gasteiger partial charge in [0.2, 0.25) is 0 Å². The molecule has 0 saturated carbocycles. The van der Waals surface area contributed by atoms with Crippen molar-refractivity contribution >= 4 is 23.3 Å². The van der Waals surface area contributed by atoms with Crippen LogP contribution in [0.3, 0.4) is 0 Å². The molecule has 0 aliphatic carbocycles. The van der Waals surface area contributed by atoms with Crippen molar-refractivity contribution in [3.63, 3.8) is 0 Å². The molecule has 2 nitrogen and oxygen atoms in total. The summed E-state index contributed by atoms with van der Waals surface area (Å²) in [4.78, 5) is 10.1. The van der Waals surface area contributed by atoms with E-state index in [1.807, 2.05) is 6.21 Å². The molecule has 0 saturated heterocycles. The Balaban J connectivity index is 1.94. The Morgan fingerprint density at radius 2 is 1.19 bits per heavy atom. The highest BCUT2D eigenvalue weighted by Crippen LogP contribution is 2.30. The number of unbranched alkanes of at least 4 members (excludes halogenated alkanes) is 6. The Bertz CT molecular complexity index is 1250. The summed E-state index contributed by atoms with van der Waals surface area (Å²) < 4.78 is 0. The van der Waals surface area contributed by atoms with E-state index in [0.717, 1.165) is 36.3 Å². The van der Waals surface area contributed by atoms with Gasteiger partial charge in [-0.15, -0.1) is 0 Å². The first-order valence-electron chi connectivity index (χ1n) is 17.1. The summed E-state index contributed by atoms with van der Waals surface area (Å²) in [5, 5.41) is 0. The van der Waals surface area contributed by atoms with Crippen LogP contribution < -0.4 is 0 Å². The van der Waals surface area contributed by atoms with Crippen LogP contribution >= 0.6 is 0 Å². The van der Waals surface area contributed by atoms with Gasteiger partial charge in [-0.05, 0) is 115 Å². The largest absolute Gasteiger partial charge is 0.255 e. The van der Waals surface area contributed by atoms with E-state index >= 15 is 0 Å². The van der Waals surface area contributed by atoms with Crippen LogP contribution in [0.25, 0.3) is 11.1 Å². The van der Waals surface area contributed by atoms with E-state index in [2.05, 4.69) is 95.3 Å². The van der Waals surface area contributed by atoms with Gasteiger partial charge in [0.05, 0.1) is 17.1 Å².